The Balaban J connectivity index is 2.92. The summed E-state index contributed by atoms with van der Waals surface area (Å²) in [5.74, 6) is 0. The second kappa shape index (κ2) is 6.83. The molecule has 1 heterocycles. The maximum atomic E-state index is 12.4. The Morgan fingerprint density at radius 1 is 1.58 bits per heavy atom. The minimum atomic E-state index is -3.52. The van der Waals surface area contributed by atoms with Gasteiger partial charge in [0.15, 0.2) is 0 Å². The fourth-order valence-corrected chi connectivity index (χ4v) is 3.11. The number of hydrogen-bond acceptors (Lipinski definition) is 4. The van der Waals surface area contributed by atoms with Gasteiger partial charge < -0.3 is 5.11 Å². The van der Waals surface area contributed by atoms with E-state index in [4.69, 9.17) is 5.11 Å². The Bertz CT molecular complexity index is 522. The van der Waals surface area contributed by atoms with Crippen LogP contribution < -0.4 is 0 Å². The Hall–Kier alpha value is -1.18. The first kappa shape index (κ1) is 15.9. The highest BCUT2D eigenvalue weighted by atomic mass is 32.2. The highest BCUT2D eigenvalue weighted by molar-refractivity contribution is 7.89. The summed E-state index contributed by atoms with van der Waals surface area (Å²) in [5.41, 5.74) is 0.790. The van der Waals surface area contributed by atoms with Crippen molar-refractivity contribution in [3.05, 3.63) is 24.5 Å². The standard InChI is InChI=1S/C12H21N3O3S/c1-4-15(9-11(2)3)19(17,18)12-8-13-14(10-12)6-5-7-16/h8,10,16H,2,4-7,9H2,1,3H3. The molecule has 1 aromatic rings. The van der Waals surface area contributed by atoms with Crippen LogP contribution >= 0.6 is 0 Å². The van der Waals surface area contributed by atoms with Crippen LogP contribution in [-0.2, 0) is 16.6 Å². The molecule has 1 aromatic heterocycles. The maximum absolute atomic E-state index is 12.4. The molecule has 0 atom stereocenters. The second-order valence-electron chi connectivity index (χ2n) is 4.40. The number of nitrogens with zero attached hydrogens (tertiary/aromatic N) is 3. The summed E-state index contributed by atoms with van der Waals surface area (Å²) >= 11 is 0. The number of rotatable bonds is 8. The quantitative estimate of drug-likeness (QED) is 0.719. The molecule has 108 valence electrons. The van der Waals surface area contributed by atoms with Gasteiger partial charge in [-0.3, -0.25) is 4.68 Å². The summed E-state index contributed by atoms with van der Waals surface area (Å²) in [4.78, 5) is 0.175. The van der Waals surface area contributed by atoms with Crippen molar-refractivity contribution in [2.75, 3.05) is 19.7 Å². The minimum absolute atomic E-state index is 0.0543. The monoisotopic (exact) mass is 287 g/mol. The van der Waals surface area contributed by atoms with Crippen molar-refractivity contribution in [3.63, 3.8) is 0 Å². The number of aliphatic hydroxyl groups is 1. The Morgan fingerprint density at radius 3 is 2.79 bits per heavy atom. The van der Waals surface area contributed by atoms with E-state index in [0.717, 1.165) is 5.57 Å². The molecule has 0 bridgehead atoms. The first-order valence-corrected chi connectivity index (χ1v) is 7.63. The predicted octanol–water partition coefficient (Wildman–Crippen LogP) is 0.852. The van der Waals surface area contributed by atoms with Crippen LogP contribution in [0.5, 0.6) is 0 Å². The molecular formula is C12H21N3O3S. The van der Waals surface area contributed by atoms with Gasteiger partial charge in [0.05, 0.1) is 6.20 Å². The highest BCUT2D eigenvalue weighted by Gasteiger charge is 2.24. The van der Waals surface area contributed by atoms with Crippen molar-refractivity contribution in [1.29, 1.82) is 0 Å². The molecule has 7 heteroatoms. The highest BCUT2D eigenvalue weighted by Crippen LogP contribution is 2.15. The number of aliphatic hydroxyl groups excluding tert-OH is 1. The largest absolute Gasteiger partial charge is 0.396 e. The second-order valence-corrected chi connectivity index (χ2v) is 6.34. The minimum Gasteiger partial charge on any atom is -0.396 e. The van der Waals surface area contributed by atoms with Crippen LogP contribution in [0, 0.1) is 0 Å². The van der Waals surface area contributed by atoms with Gasteiger partial charge in [-0.1, -0.05) is 19.1 Å². The summed E-state index contributed by atoms with van der Waals surface area (Å²) < 4.78 is 27.6. The van der Waals surface area contributed by atoms with Gasteiger partial charge in [0.1, 0.15) is 4.90 Å². The van der Waals surface area contributed by atoms with Gasteiger partial charge in [-0.25, -0.2) is 8.42 Å². The summed E-state index contributed by atoms with van der Waals surface area (Å²) in [7, 11) is -3.52. The van der Waals surface area contributed by atoms with Crippen LogP contribution in [0.25, 0.3) is 0 Å². The average Bonchev–Trinajstić information content (AvgIpc) is 2.82. The lowest BCUT2D eigenvalue weighted by atomic mass is 10.3. The lowest BCUT2D eigenvalue weighted by molar-refractivity contribution is 0.277. The molecule has 0 aromatic carbocycles. The summed E-state index contributed by atoms with van der Waals surface area (Å²) in [5, 5.41) is 12.7. The molecular weight excluding hydrogens is 266 g/mol. The smallest absolute Gasteiger partial charge is 0.246 e. The van der Waals surface area contributed by atoms with E-state index in [1.165, 1.54) is 21.4 Å². The zero-order valence-electron chi connectivity index (χ0n) is 11.4. The third kappa shape index (κ3) is 4.15. The van der Waals surface area contributed by atoms with E-state index >= 15 is 0 Å². The normalized spacial score (nSPS) is 12.0. The van der Waals surface area contributed by atoms with Crippen LogP contribution in [0.15, 0.2) is 29.4 Å². The van der Waals surface area contributed by atoms with Gasteiger partial charge in [-0.15, -0.1) is 0 Å². The van der Waals surface area contributed by atoms with Crippen LogP contribution in [0.1, 0.15) is 20.3 Å². The Kier molecular flexibility index (Phi) is 5.71. The number of aromatic nitrogens is 2. The van der Waals surface area contributed by atoms with Gasteiger partial charge in [0, 0.05) is 32.4 Å². The fraction of sp³-hybridized carbons (Fsp3) is 0.583. The molecule has 0 spiro atoms. The molecule has 0 radical (unpaired) electrons. The van der Waals surface area contributed by atoms with Crippen LogP contribution in [0.2, 0.25) is 0 Å². The third-order valence-corrected chi connectivity index (χ3v) is 4.47. The van der Waals surface area contributed by atoms with E-state index in [2.05, 4.69) is 11.7 Å². The van der Waals surface area contributed by atoms with Gasteiger partial charge >= 0.3 is 0 Å². The predicted molar refractivity (Wildman–Crippen MR) is 73.2 cm³/mol. The van der Waals surface area contributed by atoms with Crippen molar-refractivity contribution >= 4 is 10.0 Å². The molecule has 0 aliphatic rings. The molecule has 0 aliphatic carbocycles. The Morgan fingerprint density at radius 2 is 2.26 bits per heavy atom. The molecule has 1 N–H and O–H groups in total. The number of likely N-dealkylation sites (N-methyl/N-ethyl adjacent to an activating group) is 1. The van der Waals surface area contributed by atoms with Gasteiger partial charge in [0.2, 0.25) is 10.0 Å². The van der Waals surface area contributed by atoms with Crippen molar-refractivity contribution in [1.82, 2.24) is 14.1 Å². The average molecular weight is 287 g/mol. The van der Waals surface area contributed by atoms with E-state index in [1.807, 2.05) is 0 Å². The third-order valence-electron chi connectivity index (χ3n) is 2.59. The number of sulfonamides is 1. The lowest BCUT2D eigenvalue weighted by Gasteiger charge is -2.19. The van der Waals surface area contributed by atoms with Gasteiger partial charge in [-0.05, 0) is 13.3 Å². The van der Waals surface area contributed by atoms with E-state index < -0.39 is 10.0 Å². The van der Waals surface area contributed by atoms with E-state index in [9.17, 15) is 8.42 Å². The SMILES string of the molecule is C=C(C)CN(CC)S(=O)(=O)c1cnn(CCCO)c1. The number of hydrogen-bond donors (Lipinski definition) is 1. The molecule has 19 heavy (non-hydrogen) atoms. The molecule has 0 saturated heterocycles. The zero-order chi connectivity index (χ0) is 14.5. The van der Waals surface area contributed by atoms with Crippen molar-refractivity contribution in [3.8, 4) is 0 Å². The van der Waals surface area contributed by atoms with Crippen molar-refractivity contribution in [2.24, 2.45) is 0 Å². The lowest BCUT2D eigenvalue weighted by Crippen LogP contribution is -2.32. The first-order valence-electron chi connectivity index (χ1n) is 6.19. The van der Waals surface area contributed by atoms with Gasteiger partial charge in [-0.2, -0.15) is 9.40 Å². The van der Waals surface area contributed by atoms with Crippen LogP contribution in [-0.4, -0.2) is 47.3 Å². The molecule has 0 saturated carbocycles. The molecule has 0 aliphatic heterocycles. The van der Waals surface area contributed by atoms with E-state index in [1.54, 1.807) is 13.8 Å². The Labute approximate surface area is 114 Å². The summed E-state index contributed by atoms with van der Waals surface area (Å²) in [6, 6.07) is 0. The van der Waals surface area contributed by atoms with E-state index in [-0.39, 0.29) is 11.5 Å². The van der Waals surface area contributed by atoms with E-state index in [0.29, 0.717) is 26.1 Å². The molecule has 0 unspecified atom stereocenters. The number of aryl methyl sites for hydroxylation is 1. The molecule has 6 nitrogen and oxygen atoms in total. The molecule has 1 rings (SSSR count). The topological polar surface area (TPSA) is 75.4 Å². The molecule has 0 fully saturated rings. The van der Waals surface area contributed by atoms with Crippen molar-refractivity contribution < 1.29 is 13.5 Å². The maximum Gasteiger partial charge on any atom is 0.246 e. The van der Waals surface area contributed by atoms with Crippen molar-refractivity contribution in [2.45, 2.75) is 31.7 Å². The summed E-state index contributed by atoms with van der Waals surface area (Å²) in [6.07, 6.45) is 3.38. The van der Waals surface area contributed by atoms with Crippen LogP contribution in [0.3, 0.4) is 0 Å². The zero-order valence-corrected chi connectivity index (χ0v) is 12.2. The fourth-order valence-electron chi connectivity index (χ4n) is 1.65. The first-order chi connectivity index (χ1) is 8.91. The van der Waals surface area contributed by atoms with Gasteiger partial charge in [0.25, 0.3) is 0 Å². The summed E-state index contributed by atoms with van der Waals surface area (Å²) in [6.45, 7) is 8.57. The molecule has 0 amide bonds. The van der Waals surface area contributed by atoms with Crippen LogP contribution in [0.4, 0.5) is 0 Å².